The molecule has 0 aliphatic heterocycles. The number of nitrogens with zero attached hydrogens (tertiary/aromatic N) is 1. The van der Waals surface area contributed by atoms with Crippen LogP contribution in [0.2, 0.25) is 5.02 Å². The third-order valence-electron chi connectivity index (χ3n) is 5.99. The molecule has 36 heavy (non-hydrogen) atoms. The summed E-state index contributed by atoms with van der Waals surface area (Å²) in [5, 5.41) is 3.55. The van der Waals surface area contributed by atoms with E-state index in [-0.39, 0.29) is 17.2 Å². The average molecular weight is 547 g/mol. The van der Waals surface area contributed by atoms with Crippen molar-refractivity contribution in [3.63, 3.8) is 0 Å². The molecule has 7 nitrogen and oxygen atoms in total. The number of aryl methyl sites for hydroxylation is 3. The Hall–Kier alpha value is -2.88. The number of benzene rings is 2. The lowest BCUT2D eigenvalue weighted by atomic mass is 10.1. The minimum absolute atomic E-state index is 0.0555. The second-order valence-corrected chi connectivity index (χ2v) is 12.0. The number of esters is 1. The summed E-state index contributed by atoms with van der Waals surface area (Å²) in [7, 11) is -4.09. The van der Waals surface area contributed by atoms with Crippen molar-refractivity contribution in [1.29, 1.82) is 0 Å². The molecule has 190 valence electrons. The number of carbonyl (C=O) groups is 2. The molecule has 1 aliphatic carbocycles. The van der Waals surface area contributed by atoms with Gasteiger partial charge in [-0.25, -0.2) is 13.2 Å². The molecule has 0 atom stereocenters. The summed E-state index contributed by atoms with van der Waals surface area (Å²) in [6, 6.07) is 11.3. The van der Waals surface area contributed by atoms with E-state index < -0.39 is 28.4 Å². The number of sulfonamides is 1. The number of amides is 1. The van der Waals surface area contributed by atoms with Crippen LogP contribution in [0, 0.1) is 13.8 Å². The lowest BCUT2D eigenvalue weighted by molar-refractivity contribution is -0.114. The molecule has 0 saturated carbocycles. The zero-order chi connectivity index (χ0) is 26.0. The molecule has 0 bridgehead atoms. The first-order chi connectivity index (χ1) is 17.1. The molecule has 0 fully saturated rings. The minimum Gasteiger partial charge on any atom is -0.462 e. The van der Waals surface area contributed by atoms with E-state index in [4.69, 9.17) is 16.3 Å². The van der Waals surface area contributed by atoms with E-state index >= 15 is 0 Å². The fraction of sp³-hybridized carbons (Fsp3) is 0.308. The van der Waals surface area contributed by atoms with Crippen LogP contribution in [0.4, 0.5) is 10.7 Å². The Balaban J connectivity index is 1.68. The third kappa shape index (κ3) is 5.28. The molecular formula is C26H27ClN2O5S2. The van der Waals surface area contributed by atoms with Crippen LogP contribution in [0.3, 0.4) is 0 Å². The molecule has 10 heteroatoms. The third-order valence-corrected chi connectivity index (χ3v) is 9.40. The van der Waals surface area contributed by atoms with E-state index in [9.17, 15) is 18.0 Å². The summed E-state index contributed by atoms with van der Waals surface area (Å²) in [5.41, 5.74) is 3.23. The average Bonchev–Trinajstić information content (AvgIpc) is 3.40. The highest BCUT2D eigenvalue weighted by Gasteiger charge is 2.31. The maximum absolute atomic E-state index is 13.6. The summed E-state index contributed by atoms with van der Waals surface area (Å²) in [6.45, 7) is 5.11. The number of hydrogen-bond donors (Lipinski definition) is 1. The van der Waals surface area contributed by atoms with Crippen LogP contribution in [0.25, 0.3) is 0 Å². The predicted molar refractivity (Wildman–Crippen MR) is 143 cm³/mol. The highest BCUT2D eigenvalue weighted by molar-refractivity contribution is 7.92. The van der Waals surface area contributed by atoms with E-state index in [1.54, 1.807) is 31.2 Å². The highest BCUT2D eigenvalue weighted by Crippen LogP contribution is 2.39. The van der Waals surface area contributed by atoms with Crippen molar-refractivity contribution in [3.8, 4) is 0 Å². The first-order valence-electron chi connectivity index (χ1n) is 11.6. The van der Waals surface area contributed by atoms with Gasteiger partial charge in [0.1, 0.15) is 11.5 Å². The molecule has 3 aromatic rings. The van der Waals surface area contributed by atoms with Crippen molar-refractivity contribution >= 4 is 55.5 Å². The van der Waals surface area contributed by atoms with Crippen molar-refractivity contribution in [3.05, 3.63) is 74.6 Å². The van der Waals surface area contributed by atoms with Gasteiger partial charge in [0.25, 0.3) is 10.0 Å². The number of thiophene rings is 1. The fourth-order valence-corrected chi connectivity index (χ4v) is 6.98. The van der Waals surface area contributed by atoms with Crippen LogP contribution in [0.1, 0.15) is 45.3 Å². The topological polar surface area (TPSA) is 92.8 Å². The van der Waals surface area contributed by atoms with E-state index in [0.717, 1.165) is 45.1 Å². The van der Waals surface area contributed by atoms with Gasteiger partial charge in [-0.2, -0.15) is 0 Å². The van der Waals surface area contributed by atoms with Gasteiger partial charge in [-0.1, -0.05) is 35.4 Å². The zero-order valence-corrected chi connectivity index (χ0v) is 22.6. The normalized spacial score (nSPS) is 12.8. The van der Waals surface area contributed by atoms with Gasteiger partial charge < -0.3 is 10.1 Å². The quantitative estimate of drug-likeness (QED) is 0.376. The Kier molecular flexibility index (Phi) is 7.73. The first-order valence-corrected chi connectivity index (χ1v) is 14.2. The summed E-state index contributed by atoms with van der Waals surface area (Å²) in [4.78, 5) is 27.0. The number of anilines is 2. The summed E-state index contributed by atoms with van der Waals surface area (Å²) < 4.78 is 33.5. The van der Waals surface area contributed by atoms with Crippen LogP contribution in [-0.2, 0) is 32.4 Å². The molecule has 4 rings (SSSR count). The van der Waals surface area contributed by atoms with Crippen molar-refractivity contribution < 1.29 is 22.7 Å². The van der Waals surface area contributed by atoms with E-state index in [0.29, 0.717) is 15.6 Å². The molecule has 1 N–H and O–H groups in total. The summed E-state index contributed by atoms with van der Waals surface area (Å²) in [5.74, 6) is -1.06. The van der Waals surface area contributed by atoms with Crippen molar-refractivity contribution in [2.75, 3.05) is 22.8 Å². The second kappa shape index (κ2) is 10.6. The molecular weight excluding hydrogens is 520 g/mol. The Morgan fingerprint density at radius 3 is 2.50 bits per heavy atom. The predicted octanol–water partition coefficient (Wildman–Crippen LogP) is 5.52. The van der Waals surface area contributed by atoms with E-state index in [1.807, 2.05) is 13.8 Å². The van der Waals surface area contributed by atoms with Crippen LogP contribution >= 0.6 is 22.9 Å². The highest BCUT2D eigenvalue weighted by atomic mass is 35.5. The molecule has 1 aromatic heterocycles. The molecule has 0 spiro atoms. The molecule has 1 heterocycles. The molecule has 0 saturated heterocycles. The number of ether oxygens (including phenoxy) is 1. The van der Waals surface area contributed by atoms with Gasteiger partial charge in [0, 0.05) is 9.90 Å². The van der Waals surface area contributed by atoms with Gasteiger partial charge in [-0.05, 0) is 75.4 Å². The second-order valence-electron chi connectivity index (χ2n) is 8.59. The lowest BCUT2D eigenvalue weighted by Crippen LogP contribution is -2.38. The summed E-state index contributed by atoms with van der Waals surface area (Å²) in [6.07, 6.45) is 2.52. The number of halogens is 1. The van der Waals surface area contributed by atoms with Crippen molar-refractivity contribution in [2.24, 2.45) is 0 Å². The van der Waals surface area contributed by atoms with Gasteiger partial charge in [0.15, 0.2) is 0 Å². The SMILES string of the molecule is CCOC(=O)c1c(NC(=O)CN(c2ccc(C)c(Cl)c2)S(=O)(=O)c2ccc(C)cc2)sc2c1CCC2. The number of rotatable bonds is 8. The van der Waals surface area contributed by atoms with E-state index in [1.165, 1.54) is 29.5 Å². The monoisotopic (exact) mass is 546 g/mol. The van der Waals surface area contributed by atoms with Crippen LogP contribution in [0.5, 0.6) is 0 Å². The molecule has 1 aliphatic rings. The van der Waals surface area contributed by atoms with Crippen molar-refractivity contribution in [1.82, 2.24) is 0 Å². The lowest BCUT2D eigenvalue weighted by Gasteiger charge is -2.24. The standard InChI is InChI=1S/C26H27ClN2O5S2/c1-4-34-26(31)24-20-6-5-7-22(20)35-25(24)28-23(30)15-29(18-11-10-17(3)21(27)14-18)36(32,33)19-12-8-16(2)9-13-19/h8-14H,4-7,15H2,1-3H3,(H,28,30). The Bertz CT molecular complexity index is 1410. The van der Waals surface area contributed by atoms with Crippen LogP contribution < -0.4 is 9.62 Å². The van der Waals surface area contributed by atoms with Crippen LogP contribution in [-0.4, -0.2) is 33.4 Å². The zero-order valence-electron chi connectivity index (χ0n) is 20.3. The number of nitrogens with one attached hydrogen (secondary N) is 1. The maximum Gasteiger partial charge on any atom is 0.341 e. The number of hydrogen-bond acceptors (Lipinski definition) is 6. The Morgan fingerprint density at radius 1 is 1.11 bits per heavy atom. The fourth-order valence-electron chi connectivity index (χ4n) is 4.10. The van der Waals surface area contributed by atoms with Gasteiger partial charge in [-0.15, -0.1) is 11.3 Å². The maximum atomic E-state index is 13.6. The number of fused-ring (bicyclic) bond motifs is 1. The van der Waals surface area contributed by atoms with Gasteiger partial charge >= 0.3 is 5.97 Å². The van der Waals surface area contributed by atoms with Gasteiger partial charge in [0.2, 0.25) is 5.91 Å². The molecule has 1 amide bonds. The number of carbonyl (C=O) groups excluding carboxylic acids is 2. The molecule has 0 unspecified atom stereocenters. The van der Waals surface area contributed by atoms with Gasteiger partial charge in [-0.3, -0.25) is 9.10 Å². The van der Waals surface area contributed by atoms with Crippen LogP contribution in [0.15, 0.2) is 47.4 Å². The minimum atomic E-state index is -4.09. The molecule has 0 radical (unpaired) electrons. The Morgan fingerprint density at radius 2 is 1.83 bits per heavy atom. The summed E-state index contributed by atoms with van der Waals surface area (Å²) >= 11 is 7.64. The molecule has 2 aromatic carbocycles. The van der Waals surface area contributed by atoms with E-state index in [2.05, 4.69) is 5.32 Å². The Labute approximate surface area is 220 Å². The smallest absolute Gasteiger partial charge is 0.341 e. The largest absolute Gasteiger partial charge is 0.462 e. The van der Waals surface area contributed by atoms with Crippen molar-refractivity contribution in [2.45, 2.75) is 44.9 Å². The first kappa shape index (κ1) is 26.2. The van der Waals surface area contributed by atoms with Gasteiger partial charge in [0.05, 0.1) is 22.8 Å².